The molecule has 0 saturated heterocycles. The second-order valence-electron chi connectivity index (χ2n) is 11.2. The van der Waals surface area contributed by atoms with Crippen LogP contribution in [0, 0.1) is 11.6 Å². The maximum atomic E-state index is 15.3. The van der Waals surface area contributed by atoms with E-state index in [1.807, 2.05) is 18.2 Å². The number of imidazole rings is 1. The van der Waals surface area contributed by atoms with Gasteiger partial charge in [-0.05, 0) is 67.3 Å². The van der Waals surface area contributed by atoms with Crippen molar-refractivity contribution < 1.29 is 33.0 Å². The van der Waals surface area contributed by atoms with Gasteiger partial charge in [0.2, 0.25) is 0 Å². The molecule has 5 rings (SSSR count). The minimum atomic E-state index is -1.20. The van der Waals surface area contributed by atoms with Crippen LogP contribution in [0.4, 0.5) is 8.78 Å². The molecule has 0 aliphatic rings. The van der Waals surface area contributed by atoms with Crippen LogP contribution in [0.3, 0.4) is 0 Å². The van der Waals surface area contributed by atoms with Crippen LogP contribution in [0.1, 0.15) is 60.4 Å². The van der Waals surface area contributed by atoms with E-state index in [0.717, 1.165) is 48.6 Å². The van der Waals surface area contributed by atoms with Gasteiger partial charge < -0.3 is 30.3 Å². The number of carbonyl (C=O) groups is 2. The van der Waals surface area contributed by atoms with Crippen LogP contribution in [0.25, 0.3) is 28.4 Å². The van der Waals surface area contributed by atoms with Crippen molar-refractivity contribution in [3.8, 4) is 22.9 Å². The van der Waals surface area contributed by atoms with E-state index in [-0.39, 0.29) is 46.8 Å². The van der Waals surface area contributed by atoms with Gasteiger partial charge in [-0.3, -0.25) is 4.79 Å². The van der Waals surface area contributed by atoms with Crippen molar-refractivity contribution in [3.63, 3.8) is 0 Å². The molecule has 0 aliphatic heterocycles. The van der Waals surface area contributed by atoms with Crippen molar-refractivity contribution in [1.82, 2.24) is 15.0 Å². The number of aromatic nitrogens is 3. The molecule has 0 spiro atoms. The molecule has 1 atom stereocenters. The van der Waals surface area contributed by atoms with E-state index in [0.29, 0.717) is 23.9 Å². The molecule has 0 amide bonds. The number of carbonyl (C=O) groups excluding carboxylic acids is 1. The molecule has 244 valence electrons. The van der Waals surface area contributed by atoms with E-state index in [9.17, 15) is 14.7 Å². The summed E-state index contributed by atoms with van der Waals surface area (Å²) in [6.45, 7) is 0.611. The van der Waals surface area contributed by atoms with Gasteiger partial charge in [0.25, 0.3) is 0 Å². The lowest BCUT2D eigenvalue weighted by Gasteiger charge is -2.17. The van der Waals surface area contributed by atoms with E-state index < -0.39 is 17.6 Å². The zero-order valence-corrected chi connectivity index (χ0v) is 25.9. The van der Waals surface area contributed by atoms with Gasteiger partial charge in [0, 0.05) is 59.0 Å². The fourth-order valence-corrected chi connectivity index (χ4v) is 5.61. The van der Waals surface area contributed by atoms with Crippen LogP contribution >= 0.6 is 0 Å². The highest BCUT2D eigenvalue weighted by Gasteiger charge is 2.21. The number of unbranched alkanes of at least 4 members (excludes halogenated alkanes) is 2. The lowest BCUT2D eigenvalue weighted by molar-refractivity contribution is -0.140. The van der Waals surface area contributed by atoms with Crippen molar-refractivity contribution in [2.75, 3.05) is 13.7 Å². The van der Waals surface area contributed by atoms with Crippen molar-refractivity contribution in [1.29, 1.82) is 0 Å². The van der Waals surface area contributed by atoms with E-state index in [4.69, 9.17) is 15.2 Å². The number of nitrogens with one attached hydrogen (secondary N) is 2. The first-order valence-electron chi connectivity index (χ1n) is 15.4. The fraction of sp³-hybridized carbons (Fsp3) is 0.250. The zero-order chi connectivity index (χ0) is 33.3. The Morgan fingerprint density at radius 1 is 1.06 bits per heavy atom. The smallest absolute Gasteiger partial charge is 0.328 e. The van der Waals surface area contributed by atoms with E-state index in [1.165, 1.54) is 37.5 Å². The zero-order valence-electron chi connectivity index (χ0n) is 25.9. The van der Waals surface area contributed by atoms with Crippen molar-refractivity contribution in [3.05, 3.63) is 107 Å². The molecule has 0 radical (unpaired) electrons. The molecule has 11 heteroatoms. The summed E-state index contributed by atoms with van der Waals surface area (Å²) >= 11 is 0. The van der Waals surface area contributed by atoms with Gasteiger partial charge >= 0.3 is 11.9 Å². The summed E-state index contributed by atoms with van der Waals surface area (Å²) in [5, 5.41) is 9.75. The largest absolute Gasteiger partial charge is 0.478 e. The lowest BCUT2D eigenvalue weighted by Crippen LogP contribution is -2.05. The molecule has 0 bridgehead atoms. The van der Waals surface area contributed by atoms with Crippen LogP contribution in [-0.4, -0.2) is 45.7 Å². The third-order valence-electron chi connectivity index (χ3n) is 7.97. The third-order valence-corrected chi connectivity index (χ3v) is 7.97. The topological polar surface area (TPSA) is 143 Å². The number of halogens is 2. The molecular weight excluding hydrogens is 606 g/mol. The van der Waals surface area contributed by atoms with Crippen LogP contribution in [0.2, 0.25) is 0 Å². The first kappa shape index (κ1) is 33.1. The third kappa shape index (κ3) is 8.11. The fourth-order valence-electron chi connectivity index (χ4n) is 5.61. The Labute approximate surface area is 270 Å². The molecule has 9 nitrogen and oxygen atoms in total. The SMILES string of the molecule is COC(=O)CCc1cccc(C(CCCCCN)c2cnc(-c3cc(Oc4c(F)cc5[nH]ccc5c4/C=C/C(=O)O)ccc3F)[nH]2)c1. The van der Waals surface area contributed by atoms with Gasteiger partial charge in [-0.1, -0.05) is 37.1 Å². The molecule has 0 saturated carbocycles. The number of ether oxygens (including phenoxy) is 2. The monoisotopic (exact) mass is 642 g/mol. The molecule has 5 N–H and O–H groups in total. The number of benzene rings is 3. The summed E-state index contributed by atoms with van der Waals surface area (Å²) in [7, 11) is 1.37. The molecule has 5 aromatic rings. The number of esters is 1. The lowest BCUT2D eigenvalue weighted by atomic mass is 9.89. The quantitative estimate of drug-likeness (QED) is 0.0527. The number of carboxylic acids is 1. The maximum absolute atomic E-state index is 15.3. The molecule has 1 unspecified atom stereocenters. The minimum absolute atomic E-state index is 0.0830. The number of rotatable bonds is 15. The minimum Gasteiger partial charge on any atom is -0.478 e. The Kier molecular flexibility index (Phi) is 10.8. The number of aryl methyl sites for hydroxylation is 1. The first-order chi connectivity index (χ1) is 22.8. The molecule has 0 fully saturated rings. The summed E-state index contributed by atoms with van der Waals surface area (Å²) in [5.74, 6) is -2.64. The average molecular weight is 643 g/mol. The van der Waals surface area contributed by atoms with Gasteiger partial charge in [0.1, 0.15) is 17.4 Å². The predicted molar refractivity (Wildman–Crippen MR) is 175 cm³/mol. The molecule has 3 aromatic carbocycles. The Hall–Kier alpha value is -5.29. The summed E-state index contributed by atoms with van der Waals surface area (Å²) in [5.41, 5.74) is 9.34. The number of methoxy groups -OCH3 is 1. The van der Waals surface area contributed by atoms with Crippen molar-refractivity contribution >= 4 is 28.9 Å². The second-order valence-corrected chi connectivity index (χ2v) is 11.2. The first-order valence-corrected chi connectivity index (χ1v) is 15.4. The number of hydrogen-bond acceptors (Lipinski definition) is 6. The number of aliphatic carboxylic acids is 1. The summed E-state index contributed by atoms with van der Waals surface area (Å²) in [6.07, 6.45) is 9.84. The highest BCUT2D eigenvalue weighted by Crippen LogP contribution is 2.37. The molecule has 47 heavy (non-hydrogen) atoms. The molecule has 2 heterocycles. The van der Waals surface area contributed by atoms with Gasteiger partial charge in [0.05, 0.1) is 12.7 Å². The van der Waals surface area contributed by atoms with Crippen molar-refractivity contribution in [2.45, 2.75) is 44.4 Å². The van der Waals surface area contributed by atoms with Crippen LogP contribution < -0.4 is 10.5 Å². The normalized spacial score (nSPS) is 12.1. The Bertz CT molecular complexity index is 1900. The van der Waals surface area contributed by atoms with Gasteiger partial charge in [-0.15, -0.1) is 0 Å². The number of fused-ring (bicyclic) bond motifs is 1. The maximum Gasteiger partial charge on any atom is 0.328 e. The number of hydrogen-bond donors (Lipinski definition) is 4. The second kappa shape index (κ2) is 15.3. The van der Waals surface area contributed by atoms with Gasteiger partial charge in [-0.2, -0.15) is 0 Å². The Morgan fingerprint density at radius 2 is 1.91 bits per heavy atom. The van der Waals surface area contributed by atoms with Crippen LogP contribution in [0.15, 0.2) is 73.1 Å². The van der Waals surface area contributed by atoms with Crippen LogP contribution in [0.5, 0.6) is 11.5 Å². The summed E-state index contributed by atoms with van der Waals surface area (Å²) < 4.78 is 41.3. The Balaban J connectivity index is 1.46. The highest BCUT2D eigenvalue weighted by molar-refractivity contribution is 5.95. The van der Waals surface area contributed by atoms with E-state index in [1.54, 1.807) is 18.5 Å². The Morgan fingerprint density at radius 3 is 2.70 bits per heavy atom. The summed E-state index contributed by atoms with van der Waals surface area (Å²) in [4.78, 5) is 33.7. The van der Waals surface area contributed by atoms with Gasteiger partial charge in [0.15, 0.2) is 11.6 Å². The van der Waals surface area contributed by atoms with Gasteiger partial charge in [-0.25, -0.2) is 18.6 Å². The van der Waals surface area contributed by atoms with E-state index >= 15 is 8.78 Å². The number of nitrogens with two attached hydrogens (primary N) is 1. The predicted octanol–water partition coefficient (Wildman–Crippen LogP) is 7.48. The number of carboxylic acid groups (broad SMARTS) is 1. The standard InChI is InChI=1S/C36H36F2N4O5/c1-46-34(45)14-9-22-6-5-7-23(18-22)25(8-3-2-4-16-39)32-21-41-36(42-32)28-19-24(10-12-29(28)37)47-35-27(11-13-33(43)44)26-15-17-40-31(26)20-30(35)38/h5-7,10-13,15,17-21,25,40H,2-4,8-9,14,16,39H2,1H3,(H,41,42)(H,43,44)/b13-11+. The molecule has 2 aromatic heterocycles. The molecule has 0 aliphatic carbocycles. The number of H-pyrrole nitrogens is 2. The highest BCUT2D eigenvalue weighted by atomic mass is 19.1. The van der Waals surface area contributed by atoms with Crippen molar-refractivity contribution in [2.24, 2.45) is 5.73 Å². The average Bonchev–Trinajstić information content (AvgIpc) is 3.74. The summed E-state index contributed by atoms with van der Waals surface area (Å²) in [6, 6.07) is 15.0. The number of nitrogens with zero attached hydrogens (tertiary/aromatic N) is 1. The van der Waals surface area contributed by atoms with Crippen LogP contribution in [-0.2, 0) is 20.7 Å². The number of aromatic amines is 2. The van der Waals surface area contributed by atoms with E-state index in [2.05, 4.69) is 21.0 Å². The molecular formula is C36H36F2N4O5.